The molecule has 0 atom stereocenters. The van der Waals surface area contributed by atoms with Gasteiger partial charge in [0.25, 0.3) is 15.9 Å². The maximum absolute atomic E-state index is 13.3. The third-order valence-electron chi connectivity index (χ3n) is 4.95. The highest BCUT2D eigenvalue weighted by Crippen LogP contribution is 2.30. The molecule has 1 aliphatic heterocycles. The lowest BCUT2D eigenvalue weighted by Crippen LogP contribution is -2.39. The van der Waals surface area contributed by atoms with Crippen LogP contribution in [-0.2, 0) is 24.3 Å². The molecule has 1 heterocycles. The smallest absolute Gasteiger partial charge is 0.339 e. The van der Waals surface area contributed by atoms with Crippen LogP contribution in [0.1, 0.15) is 28.8 Å². The van der Waals surface area contributed by atoms with E-state index in [-0.39, 0.29) is 33.9 Å². The molecule has 8 nitrogen and oxygen atoms in total. The Morgan fingerprint density at radius 3 is 2.45 bits per heavy atom. The number of hydrogen-bond donors (Lipinski definition) is 0. The van der Waals surface area contributed by atoms with Crippen LogP contribution in [-0.4, -0.2) is 51.1 Å². The van der Waals surface area contributed by atoms with E-state index in [9.17, 15) is 22.8 Å². The zero-order valence-corrected chi connectivity index (χ0v) is 20.0. The zero-order chi connectivity index (χ0) is 24.3. The number of methoxy groups -OCH3 is 2. The topological polar surface area (TPSA) is 107 Å². The highest BCUT2D eigenvalue weighted by molar-refractivity contribution is 7.89. The standard InChI is InChI=1S/C22H19Cl2NO7S/c1-31-20-8-4-15(23)10-14(20)9-13-3-5-16(26)12-25(21(13)27)33(29,30)17-6-7-19(24)18(11-17)22(28)32-2/h4,6-11H,3,5,12H2,1-2H3/b13-9+. The van der Waals surface area contributed by atoms with Crippen molar-refractivity contribution in [2.75, 3.05) is 20.8 Å². The van der Waals surface area contributed by atoms with E-state index in [0.29, 0.717) is 20.6 Å². The number of hydrogen-bond acceptors (Lipinski definition) is 7. The quantitative estimate of drug-likeness (QED) is 0.444. The monoisotopic (exact) mass is 511 g/mol. The maximum atomic E-state index is 13.3. The Bertz CT molecular complexity index is 1270. The van der Waals surface area contributed by atoms with Crippen molar-refractivity contribution in [2.45, 2.75) is 17.7 Å². The van der Waals surface area contributed by atoms with Gasteiger partial charge in [-0.25, -0.2) is 17.5 Å². The molecule has 0 bridgehead atoms. The molecule has 1 aliphatic rings. The molecule has 11 heteroatoms. The summed E-state index contributed by atoms with van der Waals surface area (Å²) in [6, 6.07) is 8.15. The summed E-state index contributed by atoms with van der Waals surface area (Å²) in [5, 5.41) is 0.369. The van der Waals surface area contributed by atoms with E-state index < -0.39 is 34.2 Å². The van der Waals surface area contributed by atoms with Gasteiger partial charge in [0.05, 0.1) is 36.2 Å². The third-order valence-corrected chi connectivity index (χ3v) is 7.24. The molecule has 0 radical (unpaired) electrons. The first-order chi connectivity index (χ1) is 15.6. The normalized spacial score (nSPS) is 16.0. The molecule has 1 amide bonds. The fourth-order valence-electron chi connectivity index (χ4n) is 3.24. The van der Waals surface area contributed by atoms with Crippen molar-refractivity contribution in [1.82, 2.24) is 4.31 Å². The SMILES string of the molecule is COC(=O)c1cc(S(=O)(=O)N2CC(=O)CC/C(=C\c3cc(Cl)ccc3OC)C2=O)ccc1Cl. The first kappa shape index (κ1) is 24.8. The van der Waals surface area contributed by atoms with Gasteiger partial charge >= 0.3 is 5.97 Å². The third kappa shape index (κ3) is 5.21. The Morgan fingerprint density at radius 2 is 1.79 bits per heavy atom. The van der Waals surface area contributed by atoms with Crippen molar-refractivity contribution in [2.24, 2.45) is 0 Å². The number of carbonyl (C=O) groups is 3. The van der Waals surface area contributed by atoms with Gasteiger partial charge in [-0.15, -0.1) is 0 Å². The van der Waals surface area contributed by atoms with Crippen LogP contribution in [0.25, 0.3) is 6.08 Å². The molecule has 3 rings (SSSR count). The van der Waals surface area contributed by atoms with Crippen molar-refractivity contribution < 1.29 is 32.3 Å². The van der Waals surface area contributed by atoms with Crippen LogP contribution in [0.2, 0.25) is 10.0 Å². The molecular weight excluding hydrogens is 493 g/mol. The minimum absolute atomic E-state index is 0.0206. The largest absolute Gasteiger partial charge is 0.496 e. The lowest BCUT2D eigenvalue weighted by atomic mass is 10.0. The average Bonchev–Trinajstić information content (AvgIpc) is 2.92. The molecule has 0 spiro atoms. The fraction of sp³-hybridized carbons (Fsp3) is 0.227. The Kier molecular flexibility index (Phi) is 7.46. The van der Waals surface area contributed by atoms with Gasteiger partial charge in [0.1, 0.15) is 5.75 Å². The summed E-state index contributed by atoms with van der Waals surface area (Å²) >= 11 is 12.0. The molecule has 2 aromatic carbocycles. The fourth-order valence-corrected chi connectivity index (χ4v) is 5.03. The van der Waals surface area contributed by atoms with Crippen molar-refractivity contribution in [3.8, 4) is 5.75 Å². The number of amides is 1. The number of benzene rings is 2. The first-order valence-electron chi connectivity index (χ1n) is 9.59. The van der Waals surface area contributed by atoms with E-state index in [0.717, 1.165) is 19.2 Å². The molecule has 0 aromatic heterocycles. The Hall–Kier alpha value is -2.88. The van der Waals surface area contributed by atoms with Gasteiger partial charge in [-0.3, -0.25) is 9.59 Å². The zero-order valence-electron chi connectivity index (χ0n) is 17.6. The first-order valence-corrected chi connectivity index (χ1v) is 11.8. The number of nitrogens with zero attached hydrogens (tertiary/aromatic N) is 1. The highest BCUT2D eigenvalue weighted by atomic mass is 35.5. The van der Waals surface area contributed by atoms with Gasteiger partial charge in [0.15, 0.2) is 5.78 Å². The minimum atomic E-state index is -4.50. The second-order valence-electron chi connectivity index (χ2n) is 7.04. The van der Waals surface area contributed by atoms with Gasteiger partial charge in [-0.1, -0.05) is 23.2 Å². The van der Waals surface area contributed by atoms with Crippen LogP contribution in [0.5, 0.6) is 5.75 Å². The molecule has 0 saturated carbocycles. The average molecular weight is 512 g/mol. The van der Waals surface area contributed by atoms with Crippen LogP contribution in [0.3, 0.4) is 0 Å². The lowest BCUT2D eigenvalue weighted by molar-refractivity contribution is -0.126. The van der Waals surface area contributed by atoms with Crippen molar-refractivity contribution in [3.63, 3.8) is 0 Å². The lowest BCUT2D eigenvalue weighted by Gasteiger charge is -2.21. The number of esters is 1. The van der Waals surface area contributed by atoms with Crippen molar-refractivity contribution in [3.05, 3.63) is 63.1 Å². The summed E-state index contributed by atoms with van der Waals surface area (Å²) in [5.74, 6) is -1.72. The Balaban J connectivity index is 2.09. The summed E-state index contributed by atoms with van der Waals surface area (Å²) in [6.45, 7) is -0.638. The summed E-state index contributed by atoms with van der Waals surface area (Å²) in [5.41, 5.74) is 0.361. The van der Waals surface area contributed by atoms with Gasteiger partial charge in [-0.2, -0.15) is 0 Å². The highest BCUT2D eigenvalue weighted by Gasteiger charge is 2.36. The summed E-state index contributed by atoms with van der Waals surface area (Å²) in [6.07, 6.45) is 1.46. The molecule has 0 aliphatic carbocycles. The minimum Gasteiger partial charge on any atom is -0.496 e. The molecule has 2 aromatic rings. The van der Waals surface area contributed by atoms with Crippen molar-refractivity contribution in [1.29, 1.82) is 0 Å². The van der Waals surface area contributed by atoms with Gasteiger partial charge in [0.2, 0.25) is 0 Å². The molecule has 33 heavy (non-hydrogen) atoms. The second-order valence-corrected chi connectivity index (χ2v) is 9.75. The van der Waals surface area contributed by atoms with E-state index in [1.54, 1.807) is 18.2 Å². The molecule has 1 fully saturated rings. The molecule has 174 valence electrons. The second kappa shape index (κ2) is 9.94. The predicted molar refractivity (Wildman–Crippen MR) is 122 cm³/mol. The van der Waals surface area contributed by atoms with Crippen LogP contribution in [0, 0.1) is 0 Å². The Morgan fingerprint density at radius 1 is 1.06 bits per heavy atom. The van der Waals surface area contributed by atoms with E-state index in [1.807, 2.05) is 0 Å². The number of halogens is 2. The van der Waals surface area contributed by atoms with E-state index in [2.05, 4.69) is 4.74 Å². The van der Waals surface area contributed by atoms with Crippen LogP contribution in [0.4, 0.5) is 0 Å². The summed E-state index contributed by atoms with van der Waals surface area (Å²) < 4.78 is 37.1. The van der Waals surface area contributed by atoms with Crippen molar-refractivity contribution >= 4 is 57.0 Å². The number of sulfonamides is 1. The van der Waals surface area contributed by atoms with Gasteiger partial charge in [0, 0.05) is 22.6 Å². The summed E-state index contributed by atoms with van der Waals surface area (Å²) in [7, 11) is -1.93. The number of ether oxygens (including phenoxy) is 2. The molecular formula is C22H19Cl2NO7S. The summed E-state index contributed by atoms with van der Waals surface area (Å²) in [4.78, 5) is 37.2. The van der Waals surface area contributed by atoms with Crippen LogP contribution in [0.15, 0.2) is 46.9 Å². The number of rotatable bonds is 5. The molecule has 1 saturated heterocycles. The van der Waals surface area contributed by atoms with Gasteiger partial charge < -0.3 is 9.47 Å². The number of Topliss-reactive ketones (excluding diaryl/α,β-unsaturated/α-hetero) is 1. The van der Waals surface area contributed by atoms with E-state index in [1.165, 1.54) is 19.3 Å². The van der Waals surface area contributed by atoms with Crippen LogP contribution >= 0.6 is 23.2 Å². The number of carbonyl (C=O) groups excluding carboxylic acids is 3. The Labute approximate surface area is 200 Å². The molecule has 0 N–H and O–H groups in total. The van der Waals surface area contributed by atoms with Crippen LogP contribution < -0.4 is 4.74 Å². The molecule has 0 unspecified atom stereocenters. The van der Waals surface area contributed by atoms with Gasteiger partial charge in [-0.05, 0) is 48.9 Å². The van der Waals surface area contributed by atoms with E-state index in [4.69, 9.17) is 27.9 Å². The number of ketones is 1. The van der Waals surface area contributed by atoms with E-state index >= 15 is 0 Å². The predicted octanol–water partition coefficient (Wildman–Crippen LogP) is 3.75. The maximum Gasteiger partial charge on any atom is 0.339 e.